The molecule has 8 heteroatoms. The third-order valence-electron chi connectivity index (χ3n) is 3.53. The van der Waals surface area contributed by atoms with Crippen molar-refractivity contribution in [1.82, 2.24) is 5.32 Å². The van der Waals surface area contributed by atoms with E-state index in [9.17, 15) is 13.2 Å². The van der Waals surface area contributed by atoms with Crippen molar-refractivity contribution in [2.45, 2.75) is 17.1 Å². The summed E-state index contributed by atoms with van der Waals surface area (Å²) in [5.41, 5.74) is 1.65. The van der Waals surface area contributed by atoms with Crippen LogP contribution in [0.3, 0.4) is 0 Å². The number of primary sulfonamides is 1. The van der Waals surface area contributed by atoms with Crippen LogP contribution in [0.2, 0.25) is 0 Å². The predicted molar refractivity (Wildman–Crippen MR) is 87.4 cm³/mol. The molecule has 6 nitrogen and oxygen atoms in total. The van der Waals surface area contributed by atoms with E-state index in [1.165, 1.54) is 6.07 Å². The number of sulfonamides is 1. The number of hydrogen-bond donors (Lipinski definition) is 2. The van der Waals surface area contributed by atoms with E-state index in [0.717, 1.165) is 33.9 Å². The van der Waals surface area contributed by atoms with Crippen LogP contribution in [0.25, 0.3) is 0 Å². The van der Waals surface area contributed by atoms with Gasteiger partial charge in [-0.15, -0.1) is 11.3 Å². The molecule has 2 heterocycles. The Kier molecular flexibility index (Phi) is 4.38. The number of ether oxygens (including phenoxy) is 1. The molecular formula is C15H16N2O4S2. The molecule has 0 atom stereocenters. The minimum absolute atomic E-state index is 0.137. The summed E-state index contributed by atoms with van der Waals surface area (Å²) in [6.45, 7) is 1.09. The number of nitrogens with one attached hydrogen (secondary N) is 1. The van der Waals surface area contributed by atoms with Gasteiger partial charge in [0.2, 0.25) is 10.0 Å². The quantitative estimate of drug-likeness (QED) is 0.847. The molecule has 1 aromatic heterocycles. The summed E-state index contributed by atoms with van der Waals surface area (Å²) in [4.78, 5) is 13.0. The highest BCUT2D eigenvalue weighted by molar-refractivity contribution is 7.91. The van der Waals surface area contributed by atoms with Crippen molar-refractivity contribution >= 4 is 27.3 Å². The first-order chi connectivity index (χ1) is 10.9. The highest BCUT2D eigenvalue weighted by atomic mass is 32.2. The smallest absolute Gasteiger partial charge is 0.251 e. The van der Waals surface area contributed by atoms with Crippen LogP contribution in [0.1, 0.15) is 20.8 Å². The zero-order chi connectivity index (χ0) is 16.4. The number of benzene rings is 1. The molecule has 23 heavy (non-hydrogen) atoms. The van der Waals surface area contributed by atoms with Gasteiger partial charge in [-0.05, 0) is 42.3 Å². The van der Waals surface area contributed by atoms with Crippen LogP contribution in [0.15, 0.2) is 34.5 Å². The number of carbonyl (C=O) groups excluding carboxylic acids is 1. The van der Waals surface area contributed by atoms with Gasteiger partial charge in [-0.3, -0.25) is 4.79 Å². The Bertz CT molecular complexity index is 843. The molecule has 0 bridgehead atoms. The number of amides is 1. The fourth-order valence-electron chi connectivity index (χ4n) is 2.37. The third kappa shape index (κ3) is 3.72. The lowest BCUT2D eigenvalue weighted by molar-refractivity contribution is 0.0954. The Hall–Kier alpha value is -1.90. The van der Waals surface area contributed by atoms with Crippen molar-refractivity contribution in [3.63, 3.8) is 0 Å². The highest BCUT2D eigenvalue weighted by Crippen LogP contribution is 2.25. The van der Waals surface area contributed by atoms with E-state index in [2.05, 4.69) is 5.32 Å². The zero-order valence-corrected chi connectivity index (χ0v) is 13.9. The van der Waals surface area contributed by atoms with Gasteiger partial charge in [0, 0.05) is 23.4 Å². The molecule has 3 rings (SSSR count). The van der Waals surface area contributed by atoms with Crippen LogP contribution in [0, 0.1) is 0 Å². The van der Waals surface area contributed by atoms with E-state index in [0.29, 0.717) is 25.1 Å². The topological polar surface area (TPSA) is 98.5 Å². The Morgan fingerprint density at radius 2 is 2.13 bits per heavy atom. The molecule has 0 aliphatic carbocycles. The van der Waals surface area contributed by atoms with Crippen molar-refractivity contribution in [1.29, 1.82) is 0 Å². The summed E-state index contributed by atoms with van der Waals surface area (Å²) in [6, 6.07) is 8.60. The van der Waals surface area contributed by atoms with Gasteiger partial charge in [0.1, 0.15) is 9.96 Å². The van der Waals surface area contributed by atoms with Crippen LogP contribution in [0.5, 0.6) is 5.75 Å². The first-order valence-electron chi connectivity index (χ1n) is 7.09. The molecular weight excluding hydrogens is 336 g/mol. The van der Waals surface area contributed by atoms with Crippen molar-refractivity contribution in [3.05, 3.63) is 46.3 Å². The summed E-state index contributed by atoms with van der Waals surface area (Å²) >= 11 is 1.12. The summed E-state index contributed by atoms with van der Waals surface area (Å²) in [5.74, 6) is 0.693. The van der Waals surface area contributed by atoms with Gasteiger partial charge in [0.25, 0.3) is 5.91 Å². The van der Waals surface area contributed by atoms with Crippen molar-refractivity contribution < 1.29 is 17.9 Å². The Balaban J connectivity index is 1.56. The fraction of sp³-hybridized carbons (Fsp3) is 0.267. The zero-order valence-electron chi connectivity index (χ0n) is 12.2. The second kappa shape index (κ2) is 6.31. The Morgan fingerprint density at radius 1 is 1.30 bits per heavy atom. The van der Waals surface area contributed by atoms with E-state index in [4.69, 9.17) is 9.88 Å². The van der Waals surface area contributed by atoms with E-state index in [1.807, 2.05) is 12.1 Å². The van der Waals surface area contributed by atoms with Gasteiger partial charge < -0.3 is 10.1 Å². The summed E-state index contributed by atoms with van der Waals surface area (Å²) in [7, 11) is -3.65. The number of carbonyl (C=O) groups is 1. The molecule has 1 aliphatic rings. The maximum Gasteiger partial charge on any atom is 0.251 e. The number of nitrogens with two attached hydrogens (primary N) is 1. The van der Waals surface area contributed by atoms with Crippen molar-refractivity contribution in [2.75, 3.05) is 13.2 Å². The molecule has 122 valence electrons. The third-order valence-corrected chi connectivity index (χ3v) is 6.11. The van der Waals surface area contributed by atoms with Crippen molar-refractivity contribution in [3.8, 4) is 5.75 Å². The molecule has 1 amide bonds. The lowest BCUT2D eigenvalue weighted by Crippen LogP contribution is -2.25. The van der Waals surface area contributed by atoms with E-state index < -0.39 is 10.0 Å². The van der Waals surface area contributed by atoms with Gasteiger partial charge in [-0.2, -0.15) is 0 Å². The van der Waals surface area contributed by atoms with Crippen LogP contribution in [-0.2, 0) is 22.9 Å². The molecule has 0 radical (unpaired) electrons. The monoisotopic (exact) mass is 352 g/mol. The number of thiophene rings is 1. The van der Waals surface area contributed by atoms with Gasteiger partial charge >= 0.3 is 0 Å². The highest BCUT2D eigenvalue weighted by Gasteiger charge is 2.15. The van der Waals surface area contributed by atoms with Gasteiger partial charge in [-0.25, -0.2) is 13.6 Å². The molecule has 1 aromatic carbocycles. The van der Waals surface area contributed by atoms with Crippen molar-refractivity contribution in [2.24, 2.45) is 5.14 Å². The summed E-state index contributed by atoms with van der Waals surface area (Å²) in [6.07, 6.45) is 1.38. The molecule has 2 aromatic rings. The standard InChI is InChI=1S/C15H16N2O4S2/c16-23(19,20)14-4-2-12(22-14)5-7-17-15(18)11-1-3-13-10(9-11)6-8-21-13/h1-4,9H,5-8H2,(H,17,18)(H2,16,19,20). The average molecular weight is 352 g/mol. The summed E-state index contributed by atoms with van der Waals surface area (Å²) < 4.78 is 28.0. The first-order valence-corrected chi connectivity index (χ1v) is 9.45. The normalized spacial score (nSPS) is 13.4. The number of fused-ring (bicyclic) bond motifs is 1. The van der Waals surface area contributed by atoms with E-state index in [1.54, 1.807) is 12.1 Å². The Morgan fingerprint density at radius 3 is 2.87 bits per heavy atom. The molecule has 1 aliphatic heterocycles. The van der Waals surface area contributed by atoms with Gasteiger partial charge in [0.15, 0.2) is 0 Å². The molecule has 0 saturated carbocycles. The predicted octanol–water partition coefficient (Wildman–Crippen LogP) is 1.30. The van der Waals surface area contributed by atoms with Crippen LogP contribution in [-0.4, -0.2) is 27.5 Å². The van der Waals surface area contributed by atoms with Gasteiger partial charge in [0.05, 0.1) is 6.61 Å². The minimum atomic E-state index is -3.65. The molecule has 0 unspecified atom stereocenters. The second-order valence-corrected chi connectivity index (χ2v) is 8.15. The van der Waals surface area contributed by atoms with Crippen LogP contribution in [0.4, 0.5) is 0 Å². The molecule has 3 N–H and O–H groups in total. The first kappa shape index (κ1) is 16.0. The second-order valence-electron chi connectivity index (χ2n) is 5.19. The summed E-state index contributed by atoms with van der Waals surface area (Å²) in [5, 5.41) is 7.90. The minimum Gasteiger partial charge on any atom is -0.493 e. The molecule has 0 fully saturated rings. The molecule has 0 saturated heterocycles. The van der Waals surface area contributed by atoms with Crippen LogP contribution < -0.4 is 15.2 Å². The Labute approximate surface area is 138 Å². The lowest BCUT2D eigenvalue weighted by Gasteiger charge is -2.06. The average Bonchev–Trinajstić information content (AvgIpc) is 3.14. The number of rotatable bonds is 5. The number of hydrogen-bond acceptors (Lipinski definition) is 5. The van der Waals surface area contributed by atoms with E-state index >= 15 is 0 Å². The fourth-order valence-corrected chi connectivity index (χ4v) is 4.15. The largest absolute Gasteiger partial charge is 0.493 e. The maximum absolute atomic E-state index is 12.1. The molecule has 0 spiro atoms. The lowest BCUT2D eigenvalue weighted by atomic mass is 10.1. The SMILES string of the molecule is NS(=O)(=O)c1ccc(CCNC(=O)c2ccc3c(c2)CCO3)s1. The van der Waals surface area contributed by atoms with E-state index in [-0.39, 0.29) is 10.1 Å². The van der Waals surface area contributed by atoms with Crippen LogP contribution >= 0.6 is 11.3 Å². The van der Waals surface area contributed by atoms with Gasteiger partial charge in [-0.1, -0.05) is 0 Å². The maximum atomic E-state index is 12.1.